The lowest BCUT2D eigenvalue weighted by Crippen LogP contribution is -2.13. The Labute approximate surface area is 120 Å². The molecule has 3 N–H and O–H groups in total. The predicted molar refractivity (Wildman–Crippen MR) is 82.3 cm³/mol. The average molecular weight is 322 g/mol. The van der Waals surface area contributed by atoms with Crippen molar-refractivity contribution in [2.75, 3.05) is 5.32 Å². The van der Waals surface area contributed by atoms with Crippen LogP contribution in [0.2, 0.25) is 0 Å². The van der Waals surface area contributed by atoms with Gasteiger partial charge in [-0.3, -0.25) is 4.98 Å². The number of halogens is 1. The van der Waals surface area contributed by atoms with Crippen molar-refractivity contribution in [3.8, 4) is 0 Å². The minimum Gasteiger partial charge on any atom is -0.388 e. The molecule has 0 unspecified atom stereocenters. The lowest BCUT2D eigenvalue weighted by atomic mass is 10.2. The van der Waals surface area contributed by atoms with Crippen LogP contribution in [0.25, 0.3) is 0 Å². The fourth-order valence-corrected chi connectivity index (χ4v) is 2.32. The molecule has 0 radical (unpaired) electrons. The number of aromatic nitrogens is 1. The van der Waals surface area contributed by atoms with E-state index in [2.05, 4.69) is 26.2 Å². The zero-order valence-electron chi connectivity index (χ0n) is 9.77. The van der Waals surface area contributed by atoms with Gasteiger partial charge in [-0.1, -0.05) is 18.3 Å². The van der Waals surface area contributed by atoms with Crippen molar-refractivity contribution >= 4 is 44.5 Å². The molecule has 92 valence electrons. The molecule has 1 aromatic heterocycles. The molecule has 18 heavy (non-hydrogen) atoms. The second-order valence-corrected chi connectivity index (χ2v) is 5.17. The van der Waals surface area contributed by atoms with E-state index in [4.69, 9.17) is 18.0 Å². The summed E-state index contributed by atoms with van der Waals surface area (Å²) in [5, 5.41) is 3.27. The second-order valence-electron chi connectivity index (χ2n) is 3.87. The van der Waals surface area contributed by atoms with Gasteiger partial charge in [0.2, 0.25) is 0 Å². The number of nitrogens with one attached hydrogen (secondary N) is 1. The van der Waals surface area contributed by atoms with E-state index in [0.29, 0.717) is 5.69 Å². The Hall–Kier alpha value is -1.46. The van der Waals surface area contributed by atoms with Gasteiger partial charge in [-0.15, -0.1) is 0 Å². The molecule has 0 bridgehead atoms. The standard InChI is InChI=1S/C13H12BrN3S/c1-8-4-5-10(9(14)7-8)17-11-3-2-6-16-12(11)13(15)18/h2-7,17H,1H3,(H2,15,18). The van der Waals surface area contributed by atoms with E-state index in [9.17, 15) is 0 Å². The number of aryl methyl sites for hydroxylation is 1. The number of hydrogen-bond donors (Lipinski definition) is 2. The highest BCUT2D eigenvalue weighted by Gasteiger charge is 2.07. The van der Waals surface area contributed by atoms with Gasteiger partial charge in [0.05, 0.1) is 11.4 Å². The molecule has 1 aromatic carbocycles. The van der Waals surface area contributed by atoms with Crippen LogP contribution in [0.4, 0.5) is 11.4 Å². The normalized spacial score (nSPS) is 10.1. The van der Waals surface area contributed by atoms with Gasteiger partial charge in [-0.25, -0.2) is 0 Å². The molecule has 3 nitrogen and oxygen atoms in total. The monoisotopic (exact) mass is 321 g/mol. The fourth-order valence-electron chi connectivity index (χ4n) is 1.57. The van der Waals surface area contributed by atoms with Gasteiger partial charge < -0.3 is 11.1 Å². The van der Waals surface area contributed by atoms with Gasteiger partial charge in [-0.2, -0.15) is 0 Å². The van der Waals surface area contributed by atoms with Gasteiger partial charge >= 0.3 is 0 Å². The molecule has 0 aliphatic rings. The first kappa shape index (κ1) is 13.0. The van der Waals surface area contributed by atoms with Crippen LogP contribution < -0.4 is 11.1 Å². The number of nitrogens with zero attached hydrogens (tertiary/aromatic N) is 1. The Morgan fingerprint density at radius 2 is 2.11 bits per heavy atom. The molecular weight excluding hydrogens is 310 g/mol. The number of hydrogen-bond acceptors (Lipinski definition) is 3. The Balaban J connectivity index is 2.37. The van der Waals surface area contributed by atoms with Crippen molar-refractivity contribution in [1.29, 1.82) is 0 Å². The van der Waals surface area contributed by atoms with E-state index < -0.39 is 0 Å². The third-order valence-electron chi connectivity index (χ3n) is 2.44. The zero-order chi connectivity index (χ0) is 13.1. The minimum absolute atomic E-state index is 0.279. The molecule has 0 spiro atoms. The van der Waals surface area contributed by atoms with Crippen molar-refractivity contribution in [3.05, 3.63) is 52.3 Å². The Morgan fingerprint density at radius 3 is 2.78 bits per heavy atom. The van der Waals surface area contributed by atoms with E-state index in [1.54, 1.807) is 6.20 Å². The van der Waals surface area contributed by atoms with Gasteiger partial charge in [0, 0.05) is 10.7 Å². The summed E-state index contributed by atoms with van der Waals surface area (Å²) in [6.45, 7) is 2.04. The summed E-state index contributed by atoms with van der Waals surface area (Å²) in [5.41, 5.74) is 9.18. The molecule has 0 saturated carbocycles. The van der Waals surface area contributed by atoms with Crippen LogP contribution in [-0.4, -0.2) is 9.97 Å². The largest absolute Gasteiger partial charge is 0.388 e. The van der Waals surface area contributed by atoms with Crippen molar-refractivity contribution in [3.63, 3.8) is 0 Å². The number of anilines is 2. The molecule has 5 heteroatoms. The van der Waals surface area contributed by atoms with Crippen LogP contribution in [0.1, 0.15) is 11.3 Å². The molecule has 0 amide bonds. The summed E-state index contributed by atoms with van der Waals surface area (Å²) in [6, 6.07) is 9.80. The maximum absolute atomic E-state index is 5.65. The van der Waals surface area contributed by atoms with E-state index in [0.717, 1.165) is 15.8 Å². The number of nitrogens with two attached hydrogens (primary N) is 1. The number of pyridine rings is 1. The second kappa shape index (κ2) is 5.46. The molecule has 0 atom stereocenters. The first-order valence-electron chi connectivity index (χ1n) is 5.36. The first-order valence-corrected chi connectivity index (χ1v) is 6.56. The SMILES string of the molecule is Cc1ccc(Nc2cccnc2C(N)=S)c(Br)c1. The molecule has 0 aliphatic heterocycles. The zero-order valence-corrected chi connectivity index (χ0v) is 12.2. The molecule has 0 fully saturated rings. The predicted octanol–water partition coefficient (Wildman–Crippen LogP) is 3.53. The maximum atomic E-state index is 5.65. The average Bonchev–Trinajstić information content (AvgIpc) is 2.33. The van der Waals surface area contributed by atoms with E-state index in [1.165, 1.54) is 5.56 Å². The van der Waals surface area contributed by atoms with Gasteiger partial charge in [0.1, 0.15) is 10.7 Å². The van der Waals surface area contributed by atoms with Crippen LogP contribution in [0.5, 0.6) is 0 Å². The van der Waals surface area contributed by atoms with Crippen LogP contribution in [-0.2, 0) is 0 Å². The highest BCUT2D eigenvalue weighted by atomic mass is 79.9. The fraction of sp³-hybridized carbons (Fsp3) is 0.0769. The molecular formula is C13H12BrN3S. The summed E-state index contributed by atoms with van der Waals surface area (Å²) in [5.74, 6) is 0. The highest BCUT2D eigenvalue weighted by molar-refractivity contribution is 9.10. The summed E-state index contributed by atoms with van der Waals surface area (Å²) >= 11 is 8.50. The number of rotatable bonds is 3. The van der Waals surface area contributed by atoms with E-state index >= 15 is 0 Å². The third-order valence-corrected chi connectivity index (χ3v) is 3.28. The Morgan fingerprint density at radius 1 is 1.33 bits per heavy atom. The van der Waals surface area contributed by atoms with Crippen LogP contribution in [0.15, 0.2) is 41.0 Å². The van der Waals surface area contributed by atoms with Crippen LogP contribution in [0.3, 0.4) is 0 Å². The maximum Gasteiger partial charge on any atom is 0.124 e. The Kier molecular flexibility index (Phi) is 3.93. The van der Waals surface area contributed by atoms with Crippen LogP contribution in [0, 0.1) is 6.92 Å². The smallest absolute Gasteiger partial charge is 0.124 e. The number of benzene rings is 1. The number of thiocarbonyl (C=S) groups is 1. The first-order chi connectivity index (χ1) is 8.58. The highest BCUT2D eigenvalue weighted by Crippen LogP contribution is 2.27. The topological polar surface area (TPSA) is 50.9 Å². The van der Waals surface area contributed by atoms with Gasteiger partial charge in [-0.05, 0) is 52.7 Å². The minimum atomic E-state index is 0.279. The molecule has 0 aliphatic carbocycles. The molecule has 2 aromatic rings. The lowest BCUT2D eigenvalue weighted by Gasteiger charge is -2.12. The quantitative estimate of drug-likeness (QED) is 0.849. The summed E-state index contributed by atoms with van der Waals surface area (Å²) in [7, 11) is 0. The Bertz CT molecular complexity index is 599. The van der Waals surface area contributed by atoms with Gasteiger partial charge in [0.15, 0.2) is 0 Å². The molecule has 0 saturated heterocycles. The summed E-state index contributed by atoms with van der Waals surface area (Å²) < 4.78 is 0.986. The third kappa shape index (κ3) is 2.86. The molecule has 1 heterocycles. The van der Waals surface area contributed by atoms with Crippen LogP contribution >= 0.6 is 28.1 Å². The van der Waals surface area contributed by atoms with E-state index in [1.807, 2.05) is 37.3 Å². The lowest BCUT2D eigenvalue weighted by molar-refractivity contribution is 1.28. The van der Waals surface area contributed by atoms with Crippen molar-refractivity contribution < 1.29 is 0 Å². The summed E-state index contributed by atoms with van der Waals surface area (Å²) in [6.07, 6.45) is 1.67. The van der Waals surface area contributed by atoms with Crippen molar-refractivity contribution in [2.45, 2.75) is 6.92 Å². The van der Waals surface area contributed by atoms with E-state index in [-0.39, 0.29) is 4.99 Å². The summed E-state index contributed by atoms with van der Waals surface area (Å²) in [4.78, 5) is 4.46. The molecule has 2 rings (SSSR count). The van der Waals surface area contributed by atoms with Crippen molar-refractivity contribution in [2.24, 2.45) is 5.73 Å². The van der Waals surface area contributed by atoms with Gasteiger partial charge in [0.25, 0.3) is 0 Å². The van der Waals surface area contributed by atoms with Crippen molar-refractivity contribution in [1.82, 2.24) is 4.98 Å².